The highest BCUT2D eigenvalue weighted by atomic mass is 16.6. The number of nitro benzene ring substituents is 1. The zero-order valence-corrected chi connectivity index (χ0v) is 14.4. The largest absolute Gasteiger partial charge is 0.492 e. The van der Waals surface area contributed by atoms with Crippen LogP contribution in [0.15, 0.2) is 42.5 Å². The van der Waals surface area contributed by atoms with Gasteiger partial charge in [-0.05, 0) is 49.6 Å². The third-order valence-electron chi connectivity index (χ3n) is 4.32. The Kier molecular flexibility index (Phi) is 5.38. The lowest BCUT2D eigenvalue weighted by atomic mass is 10.2. The van der Waals surface area contributed by atoms with E-state index < -0.39 is 0 Å². The molecule has 1 saturated heterocycles. The van der Waals surface area contributed by atoms with E-state index in [9.17, 15) is 10.1 Å². The molecule has 3 rings (SSSR count). The Hall–Kier alpha value is -2.76. The molecule has 6 nitrogen and oxygen atoms in total. The number of nitrogens with one attached hydrogen (secondary N) is 1. The first kappa shape index (κ1) is 17.1. The summed E-state index contributed by atoms with van der Waals surface area (Å²) in [7, 11) is 0. The van der Waals surface area contributed by atoms with Crippen molar-refractivity contribution in [2.24, 2.45) is 0 Å². The molecule has 0 aliphatic carbocycles. The minimum atomic E-state index is -0.350. The molecule has 25 heavy (non-hydrogen) atoms. The summed E-state index contributed by atoms with van der Waals surface area (Å²) < 4.78 is 5.70. The lowest BCUT2D eigenvalue weighted by molar-refractivity contribution is -0.383. The van der Waals surface area contributed by atoms with Gasteiger partial charge in [-0.15, -0.1) is 0 Å². The molecule has 0 spiro atoms. The zero-order chi connectivity index (χ0) is 17.6. The molecular weight excluding hydrogens is 318 g/mol. The molecule has 2 aromatic carbocycles. The third-order valence-corrected chi connectivity index (χ3v) is 4.32. The van der Waals surface area contributed by atoms with Crippen molar-refractivity contribution in [3.63, 3.8) is 0 Å². The molecule has 1 aliphatic heterocycles. The summed E-state index contributed by atoms with van der Waals surface area (Å²) >= 11 is 0. The summed E-state index contributed by atoms with van der Waals surface area (Å²) in [6.45, 7) is 4.96. The number of nitrogens with zero attached hydrogens (tertiary/aromatic N) is 2. The topological polar surface area (TPSA) is 67.6 Å². The van der Waals surface area contributed by atoms with E-state index in [1.54, 1.807) is 6.07 Å². The highest BCUT2D eigenvalue weighted by Crippen LogP contribution is 2.31. The van der Waals surface area contributed by atoms with E-state index in [4.69, 9.17) is 4.74 Å². The van der Waals surface area contributed by atoms with Crippen LogP contribution in [0.5, 0.6) is 5.75 Å². The van der Waals surface area contributed by atoms with Crippen LogP contribution in [0.3, 0.4) is 0 Å². The molecule has 1 N–H and O–H groups in total. The van der Waals surface area contributed by atoms with Crippen molar-refractivity contribution in [2.75, 3.05) is 36.5 Å². The zero-order valence-electron chi connectivity index (χ0n) is 14.4. The Bertz CT molecular complexity index is 742. The molecule has 0 bridgehead atoms. The Labute approximate surface area is 147 Å². The SMILES string of the molecule is Cc1cccc(OCCNc2cc(N3CCCC3)ccc2[N+](=O)[O-])c1. The number of nitro groups is 1. The van der Waals surface area contributed by atoms with Crippen molar-refractivity contribution in [3.05, 3.63) is 58.1 Å². The average molecular weight is 341 g/mol. The summed E-state index contributed by atoms with van der Waals surface area (Å²) in [6.07, 6.45) is 2.34. The molecule has 2 aromatic rings. The van der Waals surface area contributed by atoms with Crippen molar-refractivity contribution >= 4 is 17.1 Å². The van der Waals surface area contributed by atoms with Gasteiger partial charge >= 0.3 is 0 Å². The second kappa shape index (κ2) is 7.88. The summed E-state index contributed by atoms with van der Waals surface area (Å²) in [4.78, 5) is 13.2. The van der Waals surface area contributed by atoms with Gasteiger partial charge in [0.05, 0.1) is 4.92 Å². The molecule has 6 heteroatoms. The van der Waals surface area contributed by atoms with Gasteiger partial charge in [0.15, 0.2) is 0 Å². The second-order valence-corrected chi connectivity index (χ2v) is 6.24. The fourth-order valence-corrected chi connectivity index (χ4v) is 3.06. The van der Waals surface area contributed by atoms with Gasteiger partial charge in [0.1, 0.15) is 18.0 Å². The number of anilines is 2. The van der Waals surface area contributed by atoms with Crippen LogP contribution in [-0.4, -0.2) is 31.2 Å². The second-order valence-electron chi connectivity index (χ2n) is 6.24. The van der Waals surface area contributed by atoms with Crippen LogP contribution in [0, 0.1) is 17.0 Å². The highest BCUT2D eigenvalue weighted by Gasteiger charge is 2.18. The van der Waals surface area contributed by atoms with Crippen LogP contribution in [0.25, 0.3) is 0 Å². The minimum absolute atomic E-state index is 0.0958. The Morgan fingerprint density at radius 1 is 1.20 bits per heavy atom. The Morgan fingerprint density at radius 2 is 2.00 bits per heavy atom. The maximum atomic E-state index is 11.3. The first-order valence-electron chi connectivity index (χ1n) is 8.60. The van der Waals surface area contributed by atoms with Gasteiger partial charge in [0.2, 0.25) is 0 Å². The standard InChI is InChI=1S/C19H23N3O3/c1-15-5-4-6-17(13-15)25-12-9-20-18-14-16(21-10-2-3-11-21)7-8-19(18)22(23)24/h4-8,13-14,20H,2-3,9-12H2,1H3. The van der Waals surface area contributed by atoms with Crippen molar-refractivity contribution in [1.29, 1.82) is 0 Å². The molecule has 0 saturated carbocycles. The van der Waals surface area contributed by atoms with Gasteiger partial charge in [-0.3, -0.25) is 10.1 Å². The minimum Gasteiger partial charge on any atom is -0.492 e. The van der Waals surface area contributed by atoms with E-state index in [0.29, 0.717) is 18.8 Å². The molecule has 0 amide bonds. The van der Waals surface area contributed by atoms with Crippen molar-refractivity contribution in [2.45, 2.75) is 19.8 Å². The molecule has 1 heterocycles. The number of rotatable bonds is 7. The van der Waals surface area contributed by atoms with Crippen molar-refractivity contribution in [3.8, 4) is 5.75 Å². The lowest BCUT2D eigenvalue weighted by Gasteiger charge is -2.19. The maximum absolute atomic E-state index is 11.3. The highest BCUT2D eigenvalue weighted by molar-refractivity contribution is 5.69. The maximum Gasteiger partial charge on any atom is 0.292 e. The molecular formula is C19H23N3O3. The number of aryl methyl sites for hydroxylation is 1. The first-order valence-corrected chi connectivity index (χ1v) is 8.60. The van der Waals surface area contributed by atoms with E-state index in [-0.39, 0.29) is 10.6 Å². The predicted molar refractivity (Wildman–Crippen MR) is 99.7 cm³/mol. The van der Waals surface area contributed by atoms with Gasteiger partial charge in [-0.25, -0.2) is 0 Å². The molecule has 0 unspecified atom stereocenters. The van der Waals surface area contributed by atoms with Gasteiger partial charge < -0.3 is 15.0 Å². The van der Waals surface area contributed by atoms with Crippen molar-refractivity contribution in [1.82, 2.24) is 0 Å². The summed E-state index contributed by atoms with van der Waals surface area (Å²) in [5, 5.41) is 14.4. The molecule has 1 aliphatic rings. The molecule has 132 valence electrons. The van der Waals surface area contributed by atoms with Crippen LogP contribution in [0.1, 0.15) is 18.4 Å². The van der Waals surface area contributed by atoms with Crippen molar-refractivity contribution < 1.29 is 9.66 Å². The molecule has 0 aromatic heterocycles. The van der Waals surface area contributed by atoms with E-state index in [1.165, 1.54) is 12.8 Å². The normalized spacial score (nSPS) is 13.7. The molecule has 1 fully saturated rings. The smallest absolute Gasteiger partial charge is 0.292 e. The lowest BCUT2D eigenvalue weighted by Crippen LogP contribution is -2.18. The molecule has 0 radical (unpaired) electrons. The summed E-state index contributed by atoms with van der Waals surface area (Å²) in [6, 6.07) is 13.1. The summed E-state index contributed by atoms with van der Waals surface area (Å²) in [5.41, 5.74) is 2.81. The van der Waals surface area contributed by atoms with E-state index in [0.717, 1.165) is 30.1 Å². The van der Waals surface area contributed by atoms with E-state index >= 15 is 0 Å². The first-order chi connectivity index (χ1) is 12.1. The fourth-order valence-electron chi connectivity index (χ4n) is 3.06. The predicted octanol–water partition coefficient (Wildman–Crippen LogP) is 3.99. The van der Waals surface area contributed by atoms with Crippen LogP contribution < -0.4 is 15.0 Å². The van der Waals surface area contributed by atoms with E-state index in [2.05, 4.69) is 10.2 Å². The number of benzene rings is 2. The number of ether oxygens (including phenoxy) is 1. The number of hydrogen-bond acceptors (Lipinski definition) is 5. The monoisotopic (exact) mass is 341 g/mol. The van der Waals surface area contributed by atoms with Crippen LogP contribution >= 0.6 is 0 Å². The van der Waals surface area contributed by atoms with Gasteiger partial charge in [0.25, 0.3) is 5.69 Å². The Balaban J connectivity index is 1.63. The quantitative estimate of drug-likeness (QED) is 0.468. The van der Waals surface area contributed by atoms with Crippen LogP contribution in [-0.2, 0) is 0 Å². The summed E-state index contributed by atoms with van der Waals surface area (Å²) in [5.74, 6) is 0.808. The average Bonchev–Trinajstić information content (AvgIpc) is 3.13. The van der Waals surface area contributed by atoms with E-state index in [1.807, 2.05) is 43.3 Å². The van der Waals surface area contributed by atoms with Crippen LogP contribution in [0.4, 0.5) is 17.1 Å². The fraction of sp³-hybridized carbons (Fsp3) is 0.368. The van der Waals surface area contributed by atoms with Gasteiger partial charge in [0, 0.05) is 31.4 Å². The van der Waals surface area contributed by atoms with Gasteiger partial charge in [-0.1, -0.05) is 12.1 Å². The number of hydrogen-bond donors (Lipinski definition) is 1. The third kappa shape index (κ3) is 4.41. The Morgan fingerprint density at radius 3 is 2.72 bits per heavy atom. The van der Waals surface area contributed by atoms with Gasteiger partial charge in [-0.2, -0.15) is 0 Å². The molecule has 0 atom stereocenters. The van der Waals surface area contributed by atoms with Crippen LogP contribution in [0.2, 0.25) is 0 Å².